The van der Waals surface area contributed by atoms with Crippen LogP contribution in [-0.2, 0) is 5.54 Å². The van der Waals surface area contributed by atoms with Gasteiger partial charge >= 0.3 is 6.03 Å². The van der Waals surface area contributed by atoms with E-state index in [9.17, 15) is 4.79 Å². The second kappa shape index (κ2) is 9.92. The molecule has 1 saturated heterocycles. The van der Waals surface area contributed by atoms with Crippen molar-refractivity contribution in [3.05, 3.63) is 65.7 Å². The van der Waals surface area contributed by atoms with Gasteiger partial charge in [-0.15, -0.1) is 0 Å². The Bertz CT molecular complexity index is 1130. The van der Waals surface area contributed by atoms with Crippen molar-refractivity contribution >= 4 is 11.7 Å². The lowest BCUT2D eigenvalue weighted by atomic mass is 9.47. The summed E-state index contributed by atoms with van der Waals surface area (Å²) >= 11 is 0. The Labute approximate surface area is 231 Å². The second-order valence-electron chi connectivity index (χ2n) is 12.7. The molecule has 2 aromatic rings. The van der Waals surface area contributed by atoms with Gasteiger partial charge in [-0.1, -0.05) is 75.7 Å². The van der Waals surface area contributed by atoms with Crippen LogP contribution in [0.3, 0.4) is 0 Å². The molecular weight excluding hydrogens is 466 g/mol. The quantitative estimate of drug-likeness (QED) is 0.386. The maximum absolute atomic E-state index is 13.8. The molecule has 0 radical (unpaired) electrons. The summed E-state index contributed by atoms with van der Waals surface area (Å²) in [6.45, 7) is 12.5. The first-order valence-corrected chi connectivity index (χ1v) is 15.2. The standard InChI is InChI=1S/C34H49N3O/c1-7-27-19-20-33(27,9-3)31(5,8-2)37-30(38)35-25-32(37)21-23-34(24-22-32,28-16-11-10-12-17-28)36(6)29-18-14-13-15-26(29)4/h10-18,27H,7-9,19-25H2,1-6H3,(H,35,38). The lowest BCUT2D eigenvalue weighted by molar-refractivity contribution is -0.138. The molecule has 2 aliphatic carbocycles. The molecule has 2 saturated carbocycles. The van der Waals surface area contributed by atoms with Crippen LogP contribution in [-0.4, -0.2) is 35.6 Å². The molecule has 2 amide bonds. The summed E-state index contributed by atoms with van der Waals surface area (Å²) in [4.78, 5) is 18.7. The van der Waals surface area contributed by atoms with Gasteiger partial charge in [0.2, 0.25) is 0 Å². The van der Waals surface area contributed by atoms with Crippen molar-refractivity contribution in [1.29, 1.82) is 0 Å². The van der Waals surface area contributed by atoms with Crippen LogP contribution in [0.4, 0.5) is 10.5 Å². The molecular formula is C34H49N3O. The minimum atomic E-state index is -0.129. The molecule has 0 bridgehead atoms. The number of para-hydroxylation sites is 1. The Hall–Kier alpha value is -2.49. The molecule has 206 valence electrons. The Morgan fingerprint density at radius 3 is 2.18 bits per heavy atom. The number of carbonyl (C=O) groups is 1. The first-order valence-electron chi connectivity index (χ1n) is 15.2. The minimum Gasteiger partial charge on any atom is -0.365 e. The fourth-order valence-electron chi connectivity index (χ4n) is 9.21. The topological polar surface area (TPSA) is 35.6 Å². The molecule has 3 unspecified atom stereocenters. The number of nitrogens with zero attached hydrogens (tertiary/aromatic N) is 2. The van der Waals surface area contributed by atoms with E-state index in [2.05, 4.69) is 111 Å². The zero-order chi connectivity index (χ0) is 27.2. The Morgan fingerprint density at radius 2 is 1.63 bits per heavy atom. The zero-order valence-electron chi connectivity index (χ0n) is 24.6. The molecule has 4 heteroatoms. The molecule has 2 aromatic carbocycles. The average Bonchev–Trinajstić information content (AvgIpc) is 3.25. The van der Waals surface area contributed by atoms with Gasteiger partial charge in [0.05, 0.1) is 11.1 Å². The van der Waals surface area contributed by atoms with E-state index in [-0.39, 0.29) is 28.1 Å². The zero-order valence-corrected chi connectivity index (χ0v) is 24.6. The number of nitrogens with one attached hydrogen (secondary N) is 1. The Kier molecular flexibility index (Phi) is 7.07. The normalized spacial score (nSPS) is 32.5. The number of urea groups is 1. The van der Waals surface area contributed by atoms with E-state index in [1.54, 1.807) is 0 Å². The second-order valence-corrected chi connectivity index (χ2v) is 12.7. The van der Waals surface area contributed by atoms with Crippen molar-refractivity contribution in [2.24, 2.45) is 11.3 Å². The van der Waals surface area contributed by atoms with E-state index in [0.29, 0.717) is 5.92 Å². The first kappa shape index (κ1) is 27.1. The third-order valence-corrected chi connectivity index (χ3v) is 11.8. The van der Waals surface area contributed by atoms with E-state index in [1.807, 2.05) is 0 Å². The van der Waals surface area contributed by atoms with Crippen molar-refractivity contribution in [3.63, 3.8) is 0 Å². The van der Waals surface area contributed by atoms with E-state index >= 15 is 0 Å². The van der Waals surface area contributed by atoms with Gasteiger partial charge in [-0.05, 0) is 93.7 Å². The highest BCUT2D eigenvalue weighted by Crippen LogP contribution is 2.63. The highest BCUT2D eigenvalue weighted by Gasteiger charge is 2.65. The minimum absolute atomic E-state index is 0.0938. The first-order chi connectivity index (χ1) is 18.2. The van der Waals surface area contributed by atoms with Crippen molar-refractivity contribution < 1.29 is 4.79 Å². The van der Waals surface area contributed by atoms with Crippen LogP contribution in [0.25, 0.3) is 0 Å². The number of benzene rings is 2. The summed E-state index contributed by atoms with van der Waals surface area (Å²) in [6.07, 6.45) is 10.0. The summed E-state index contributed by atoms with van der Waals surface area (Å²) in [6, 6.07) is 20.0. The van der Waals surface area contributed by atoms with Crippen LogP contribution < -0.4 is 10.2 Å². The van der Waals surface area contributed by atoms with Gasteiger partial charge in [-0.25, -0.2) is 4.79 Å². The number of anilines is 1. The maximum atomic E-state index is 13.8. The number of rotatable bonds is 8. The van der Waals surface area contributed by atoms with Crippen molar-refractivity contribution in [2.45, 2.75) is 109 Å². The van der Waals surface area contributed by atoms with Gasteiger partial charge in [-0.2, -0.15) is 0 Å². The number of amides is 2. The predicted octanol–water partition coefficient (Wildman–Crippen LogP) is 8.05. The number of hydrogen-bond acceptors (Lipinski definition) is 2. The monoisotopic (exact) mass is 515 g/mol. The third kappa shape index (κ3) is 3.72. The van der Waals surface area contributed by atoms with Crippen molar-refractivity contribution in [2.75, 3.05) is 18.5 Å². The number of carbonyl (C=O) groups excluding carboxylic acids is 1. The van der Waals surface area contributed by atoms with Gasteiger partial charge in [0.25, 0.3) is 0 Å². The van der Waals surface area contributed by atoms with Crippen LogP contribution in [0.15, 0.2) is 54.6 Å². The summed E-state index contributed by atoms with van der Waals surface area (Å²) in [5.41, 5.74) is 3.87. The Balaban J connectivity index is 1.53. The lowest BCUT2D eigenvalue weighted by Gasteiger charge is -2.66. The van der Waals surface area contributed by atoms with Crippen molar-refractivity contribution in [3.8, 4) is 0 Å². The molecule has 38 heavy (non-hydrogen) atoms. The molecule has 3 aliphatic rings. The number of aryl methyl sites for hydroxylation is 1. The molecule has 3 fully saturated rings. The molecule has 1 N–H and O–H groups in total. The summed E-state index contributed by atoms with van der Waals surface area (Å²) in [5.74, 6) is 0.710. The molecule has 1 aliphatic heterocycles. The van der Waals surface area contributed by atoms with Gasteiger partial charge in [0, 0.05) is 24.8 Å². The predicted molar refractivity (Wildman–Crippen MR) is 159 cm³/mol. The van der Waals surface area contributed by atoms with Gasteiger partial charge in [-0.3, -0.25) is 0 Å². The summed E-state index contributed by atoms with van der Waals surface area (Å²) in [7, 11) is 2.28. The fourth-order valence-corrected chi connectivity index (χ4v) is 9.21. The van der Waals surface area contributed by atoms with Gasteiger partial charge in [0.15, 0.2) is 0 Å². The average molecular weight is 516 g/mol. The molecule has 1 heterocycles. The highest BCUT2D eigenvalue weighted by molar-refractivity contribution is 5.79. The van der Waals surface area contributed by atoms with Crippen molar-refractivity contribution in [1.82, 2.24) is 10.2 Å². The van der Waals surface area contributed by atoms with Crippen LogP contribution in [0.1, 0.15) is 96.6 Å². The van der Waals surface area contributed by atoms with E-state index in [0.717, 1.165) is 45.1 Å². The fraction of sp³-hybridized carbons (Fsp3) is 0.618. The highest BCUT2D eigenvalue weighted by atomic mass is 16.2. The Morgan fingerprint density at radius 1 is 0.974 bits per heavy atom. The van der Waals surface area contributed by atoms with Gasteiger partial charge in [0.1, 0.15) is 0 Å². The van der Waals surface area contributed by atoms with Crippen LogP contribution in [0.2, 0.25) is 0 Å². The van der Waals surface area contributed by atoms with Gasteiger partial charge < -0.3 is 15.1 Å². The van der Waals surface area contributed by atoms with E-state index < -0.39 is 0 Å². The molecule has 4 nitrogen and oxygen atoms in total. The van der Waals surface area contributed by atoms with Crippen LogP contribution >= 0.6 is 0 Å². The molecule has 1 spiro atoms. The molecule has 0 aromatic heterocycles. The third-order valence-electron chi connectivity index (χ3n) is 11.8. The lowest BCUT2D eigenvalue weighted by Crippen LogP contribution is -2.70. The molecule has 3 atom stereocenters. The van der Waals surface area contributed by atoms with E-state index in [1.165, 1.54) is 36.1 Å². The van der Waals surface area contributed by atoms with E-state index in [4.69, 9.17) is 0 Å². The number of hydrogen-bond donors (Lipinski definition) is 1. The smallest absolute Gasteiger partial charge is 0.318 e. The SMILES string of the molecule is CCC1CCC1(CC)C(C)(CC)N1C(=O)NCC12CCC(c1ccccc1)(N(C)c1ccccc1C)CC2. The summed E-state index contributed by atoms with van der Waals surface area (Å²) < 4.78 is 0. The maximum Gasteiger partial charge on any atom is 0.318 e. The van der Waals surface area contributed by atoms with Crippen LogP contribution in [0, 0.1) is 18.3 Å². The largest absolute Gasteiger partial charge is 0.365 e. The summed E-state index contributed by atoms with van der Waals surface area (Å²) in [5, 5.41) is 3.36. The van der Waals surface area contributed by atoms with Crippen LogP contribution in [0.5, 0.6) is 0 Å². The molecule has 5 rings (SSSR count).